The second-order valence-corrected chi connectivity index (χ2v) is 5.02. The fourth-order valence-corrected chi connectivity index (χ4v) is 1.95. The summed E-state index contributed by atoms with van der Waals surface area (Å²) in [7, 11) is 0. The number of furan rings is 1. The zero-order chi connectivity index (χ0) is 16.3. The molecule has 1 aliphatic rings. The van der Waals surface area contributed by atoms with E-state index < -0.39 is 30.3 Å². The Bertz CT molecular complexity index is 596. The van der Waals surface area contributed by atoms with Crippen LogP contribution in [0.4, 0.5) is 4.79 Å². The number of urea groups is 1. The van der Waals surface area contributed by atoms with Gasteiger partial charge in [0, 0.05) is 6.04 Å². The highest BCUT2D eigenvalue weighted by Gasteiger charge is 2.45. The van der Waals surface area contributed by atoms with Crippen LogP contribution < -0.4 is 5.32 Å². The van der Waals surface area contributed by atoms with Crippen LogP contribution in [-0.4, -0.2) is 46.1 Å². The second kappa shape index (κ2) is 6.42. The molecule has 2 heterocycles. The Hall–Kier alpha value is -2.64. The molecule has 1 aromatic rings. The van der Waals surface area contributed by atoms with E-state index in [0.29, 0.717) is 10.7 Å². The highest BCUT2D eigenvalue weighted by atomic mass is 16.3. The largest absolute Gasteiger partial charge is 0.467 e. The van der Waals surface area contributed by atoms with Crippen LogP contribution in [0.15, 0.2) is 22.8 Å². The van der Waals surface area contributed by atoms with Gasteiger partial charge >= 0.3 is 17.8 Å². The van der Waals surface area contributed by atoms with E-state index in [-0.39, 0.29) is 12.6 Å². The maximum atomic E-state index is 12.1. The lowest BCUT2D eigenvalue weighted by Gasteiger charge is -2.16. The normalized spacial score (nSPS) is 16.4. The van der Waals surface area contributed by atoms with E-state index in [1.807, 2.05) is 6.92 Å². The monoisotopic (exact) mass is 307 g/mol. The van der Waals surface area contributed by atoms with Crippen LogP contribution in [0.1, 0.15) is 26.0 Å². The van der Waals surface area contributed by atoms with E-state index in [0.717, 1.165) is 11.3 Å². The molecule has 1 atom stereocenters. The summed E-state index contributed by atoms with van der Waals surface area (Å²) >= 11 is 0. The average Bonchev–Trinajstić information content (AvgIpc) is 3.06. The van der Waals surface area contributed by atoms with Crippen molar-refractivity contribution in [1.29, 1.82) is 0 Å². The van der Waals surface area contributed by atoms with Crippen LogP contribution in [0.25, 0.3) is 0 Å². The molecule has 0 spiro atoms. The standard InChI is InChI=1S/C14H17N3O5/c1-3-9(2)15-11(18)8-17-13(20)12(19)16(14(17)21)7-10-5-4-6-22-10/h4-6,9H,3,7-8H2,1-2H3,(H,15,18)/t9-/m1/s1. The minimum absolute atomic E-state index is 0.0739. The molecular formula is C14H17N3O5. The van der Waals surface area contributed by atoms with Crippen molar-refractivity contribution in [2.75, 3.05) is 6.54 Å². The summed E-state index contributed by atoms with van der Waals surface area (Å²) in [5, 5.41) is 2.64. The first kappa shape index (κ1) is 15.7. The lowest BCUT2D eigenvalue weighted by Crippen LogP contribution is -2.43. The maximum absolute atomic E-state index is 12.1. The predicted molar refractivity (Wildman–Crippen MR) is 74.3 cm³/mol. The Labute approximate surface area is 127 Å². The van der Waals surface area contributed by atoms with E-state index in [1.54, 1.807) is 19.1 Å². The van der Waals surface area contributed by atoms with Crippen molar-refractivity contribution in [3.8, 4) is 0 Å². The average molecular weight is 307 g/mol. The van der Waals surface area contributed by atoms with Gasteiger partial charge in [0.05, 0.1) is 12.8 Å². The van der Waals surface area contributed by atoms with E-state index in [2.05, 4.69) is 5.32 Å². The van der Waals surface area contributed by atoms with Gasteiger partial charge in [-0.1, -0.05) is 6.92 Å². The Morgan fingerprint density at radius 1 is 1.27 bits per heavy atom. The van der Waals surface area contributed by atoms with Crippen molar-refractivity contribution < 1.29 is 23.6 Å². The fraction of sp³-hybridized carbons (Fsp3) is 0.429. The lowest BCUT2D eigenvalue weighted by atomic mass is 10.2. The molecule has 5 amide bonds. The van der Waals surface area contributed by atoms with Crippen LogP contribution in [-0.2, 0) is 20.9 Å². The van der Waals surface area contributed by atoms with Gasteiger partial charge < -0.3 is 9.73 Å². The van der Waals surface area contributed by atoms with Crippen molar-refractivity contribution in [3.63, 3.8) is 0 Å². The van der Waals surface area contributed by atoms with Gasteiger partial charge in [0.2, 0.25) is 5.91 Å². The van der Waals surface area contributed by atoms with Crippen molar-refractivity contribution in [2.24, 2.45) is 0 Å². The maximum Gasteiger partial charge on any atom is 0.335 e. The molecule has 1 saturated heterocycles. The first-order chi connectivity index (χ1) is 10.4. The summed E-state index contributed by atoms with van der Waals surface area (Å²) < 4.78 is 5.06. The van der Waals surface area contributed by atoms with Gasteiger partial charge in [0.15, 0.2) is 0 Å². The molecule has 2 rings (SSSR count). The predicted octanol–water partition coefficient (Wildman–Crippen LogP) is 0.485. The molecule has 8 nitrogen and oxygen atoms in total. The summed E-state index contributed by atoms with van der Waals surface area (Å²) in [6, 6.07) is 2.31. The van der Waals surface area contributed by atoms with Crippen LogP contribution in [0, 0.1) is 0 Å². The number of carbonyl (C=O) groups excluding carboxylic acids is 4. The quantitative estimate of drug-likeness (QED) is 0.609. The number of amides is 5. The molecule has 0 aliphatic carbocycles. The Kier molecular flexibility index (Phi) is 4.59. The van der Waals surface area contributed by atoms with Crippen molar-refractivity contribution in [1.82, 2.24) is 15.1 Å². The third kappa shape index (κ3) is 3.16. The molecule has 1 aromatic heterocycles. The summed E-state index contributed by atoms with van der Waals surface area (Å²) in [5.74, 6) is -2.07. The molecular weight excluding hydrogens is 290 g/mol. The van der Waals surface area contributed by atoms with Gasteiger partial charge in [-0.3, -0.25) is 14.4 Å². The highest BCUT2D eigenvalue weighted by Crippen LogP contribution is 2.16. The fourth-order valence-electron chi connectivity index (χ4n) is 1.95. The van der Waals surface area contributed by atoms with Crippen LogP contribution in [0.5, 0.6) is 0 Å². The summed E-state index contributed by atoms with van der Waals surface area (Å²) in [4.78, 5) is 49.0. The topological polar surface area (TPSA) is 99.9 Å². The van der Waals surface area contributed by atoms with Crippen molar-refractivity contribution >= 4 is 23.8 Å². The third-order valence-electron chi connectivity index (χ3n) is 3.35. The first-order valence-corrected chi connectivity index (χ1v) is 6.93. The van der Waals surface area contributed by atoms with E-state index in [1.165, 1.54) is 6.26 Å². The molecule has 1 aliphatic heterocycles. The molecule has 8 heteroatoms. The van der Waals surface area contributed by atoms with Crippen molar-refractivity contribution in [3.05, 3.63) is 24.2 Å². The number of imide groups is 2. The lowest BCUT2D eigenvalue weighted by molar-refractivity contribution is -0.144. The van der Waals surface area contributed by atoms with Crippen molar-refractivity contribution in [2.45, 2.75) is 32.9 Å². The summed E-state index contributed by atoms with van der Waals surface area (Å²) in [5.41, 5.74) is 0. The van der Waals surface area contributed by atoms with Crippen LogP contribution >= 0.6 is 0 Å². The number of hydrogen-bond acceptors (Lipinski definition) is 5. The third-order valence-corrected chi connectivity index (χ3v) is 3.35. The van der Waals surface area contributed by atoms with Gasteiger partial charge in [-0.05, 0) is 25.5 Å². The van der Waals surface area contributed by atoms with E-state index in [4.69, 9.17) is 4.42 Å². The zero-order valence-electron chi connectivity index (χ0n) is 12.4. The number of nitrogens with zero attached hydrogens (tertiary/aromatic N) is 2. The molecule has 0 radical (unpaired) electrons. The molecule has 0 unspecified atom stereocenters. The number of carbonyl (C=O) groups is 4. The molecule has 118 valence electrons. The minimum Gasteiger partial charge on any atom is -0.467 e. The van der Waals surface area contributed by atoms with Gasteiger partial charge in [-0.15, -0.1) is 0 Å². The molecule has 1 N–H and O–H groups in total. The minimum atomic E-state index is -1.00. The van der Waals surface area contributed by atoms with Crippen LogP contribution in [0.3, 0.4) is 0 Å². The zero-order valence-corrected chi connectivity index (χ0v) is 12.4. The van der Waals surface area contributed by atoms with Gasteiger partial charge in [-0.25, -0.2) is 14.6 Å². The SMILES string of the molecule is CC[C@@H](C)NC(=O)CN1C(=O)C(=O)N(Cc2ccco2)C1=O. The van der Waals surface area contributed by atoms with Gasteiger partial charge in [0.1, 0.15) is 12.3 Å². The molecule has 22 heavy (non-hydrogen) atoms. The Balaban J connectivity index is 2.04. The van der Waals surface area contributed by atoms with E-state index in [9.17, 15) is 19.2 Å². The molecule has 0 aromatic carbocycles. The Morgan fingerprint density at radius 3 is 2.55 bits per heavy atom. The molecule has 0 saturated carbocycles. The number of rotatable bonds is 6. The van der Waals surface area contributed by atoms with Gasteiger partial charge in [0.25, 0.3) is 0 Å². The summed E-state index contributed by atoms with van der Waals surface area (Å²) in [6.07, 6.45) is 2.12. The summed E-state index contributed by atoms with van der Waals surface area (Å²) in [6.45, 7) is 3.09. The number of nitrogens with one attached hydrogen (secondary N) is 1. The van der Waals surface area contributed by atoms with E-state index >= 15 is 0 Å². The Morgan fingerprint density at radius 2 is 1.95 bits per heavy atom. The van der Waals surface area contributed by atoms with Gasteiger partial charge in [-0.2, -0.15) is 0 Å². The number of hydrogen-bond donors (Lipinski definition) is 1. The molecule has 0 bridgehead atoms. The highest BCUT2D eigenvalue weighted by molar-refractivity contribution is 6.44. The molecule has 1 fully saturated rings. The smallest absolute Gasteiger partial charge is 0.335 e. The first-order valence-electron chi connectivity index (χ1n) is 6.93. The van der Waals surface area contributed by atoms with Crippen LogP contribution in [0.2, 0.25) is 0 Å². The second-order valence-electron chi connectivity index (χ2n) is 5.02.